The maximum Gasteiger partial charge on any atom is 0.324 e. The van der Waals surface area contributed by atoms with Gasteiger partial charge in [0, 0.05) is 16.1 Å². The largest absolute Gasteiger partial charge is 0.468 e. The number of hydrogen-bond donors (Lipinski definition) is 1. The standard InChI is InChI=1S/C10H12BrNO2.ClH/c1-14-10(13)9(12-11)7-8-5-3-2-4-6-8;/h2-6,9,12H,7H2,1H3;1H/t9-;/m0./s1. The SMILES string of the molecule is COC(=O)[C@H](Cc1ccccc1)NBr.Cl. The zero-order valence-corrected chi connectivity index (χ0v) is 10.7. The molecule has 0 fully saturated rings. The third-order valence-corrected chi connectivity index (χ3v) is 2.45. The van der Waals surface area contributed by atoms with E-state index in [1.807, 2.05) is 30.3 Å². The van der Waals surface area contributed by atoms with Crippen LogP contribution in [-0.2, 0) is 16.0 Å². The van der Waals surface area contributed by atoms with Crippen LogP contribution in [0.25, 0.3) is 0 Å². The molecule has 1 atom stereocenters. The van der Waals surface area contributed by atoms with Gasteiger partial charge in [-0.05, 0) is 12.0 Å². The van der Waals surface area contributed by atoms with Gasteiger partial charge in [-0.15, -0.1) is 12.4 Å². The highest BCUT2D eigenvalue weighted by atomic mass is 79.9. The Morgan fingerprint density at radius 1 is 1.47 bits per heavy atom. The first-order valence-electron chi connectivity index (χ1n) is 4.26. The van der Waals surface area contributed by atoms with Gasteiger partial charge in [0.25, 0.3) is 0 Å². The molecule has 0 saturated heterocycles. The summed E-state index contributed by atoms with van der Waals surface area (Å²) in [6.45, 7) is 0. The number of esters is 1. The number of methoxy groups -OCH3 is 1. The second kappa shape index (κ2) is 7.68. The summed E-state index contributed by atoms with van der Waals surface area (Å²) in [5.41, 5.74) is 1.09. The molecule has 84 valence electrons. The van der Waals surface area contributed by atoms with Crippen LogP contribution >= 0.6 is 28.6 Å². The second-order valence-electron chi connectivity index (χ2n) is 2.87. The number of rotatable bonds is 4. The van der Waals surface area contributed by atoms with Crippen LogP contribution in [0.4, 0.5) is 0 Å². The summed E-state index contributed by atoms with van der Waals surface area (Å²) in [6.07, 6.45) is 0.610. The highest BCUT2D eigenvalue weighted by Gasteiger charge is 2.17. The predicted molar refractivity (Wildman–Crippen MR) is 65.3 cm³/mol. The van der Waals surface area contributed by atoms with Gasteiger partial charge in [-0.1, -0.05) is 30.3 Å². The number of halogens is 2. The van der Waals surface area contributed by atoms with Crippen molar-refractivity contribution in [1.82, 2.24) is 4.34 Å². The van der Waals surface area contributed by atoms with Gasteiger partial charge in [-0.3, -0.25) is 4.79 Å². The average Bonchev–Trinajstić information content (AvgIpc) is 2.26. The van der Waals surface area contributed by atoms with E-state index in [9.17, 15) is 4.79 Å². The smallest absolute Gasteiger partial charge is 0.324 e. The first-order chi connectivity index (χ1) is 6.77. The van der Waals surface area contributed by atoms with Gasteiger partial charge in [-0.25, -0.2) is 4.34 Å². The van der Waals surface area contributed by atoms with E-state index >= 15 is 0 Å². The summed E-state index contributed by atoms with van der Waals surface area (Å²) in [6, 6.07) is 9.43. The molecule has 0 spiro atoms. The zero-order chi connectivity index (χ0) is 10.4. The van der Waals surface area contributed by atoms with E-state index in [1.54, 1.807) is 0 Å². The van der Waals surface area contributed by atoms with E-state index in [1.165, 1.54) is 7.11 Å². The van der Waals surface area contributed by atoms with Crippen molar-refractivity contribution in [3.63, 3.8) is 0 Å². The molecule has 0 radical (unpaired) electrons. The molecule has 0 unspecified atom stereocenters. The van der Waals surface area contributed by atoms with Gasteiger partial charge in [0.05, 0.1) is 7.11 Å². The summed E-state index contributed by atoms with van der Waals surface area (Å²) in [4.78, 5) is 11.2. The van der Waals surface area contributed by atoms with Crippen LogP contribution in [0.5, 0.6) is 0 Å². The minimum Gasteiger partial charge on any atom is -0.468 e. The molecule has 0 saturated carbocycles. The Morgan fingerprint density at radius 2 is 2.07 bits per heavy atom. The Labute approximate surface area is 104 Å². The van der Waals surface area contributed by atoms with Gasteiger partial charge >= 0.3 is 5.97 Å². The third-order valence-electron chi connectivity index (χ3n) is 1.90. The Hall–Kier alpha value is -0.580. The molecule has 0 amide bonds. The molecule has 0 aliphatic rings. The highest BCUT2D eigenvalue weighted by molar-refractivity contribution is 9.08. The molecule has 0 aliphatic heterocycles. The highest BCUT2D eigenvalue weighted by Crippen LogP contribution is 2.05. The topological polar surface area (TPSA) is 38.3 Å². The van der Waals surface area contributed by atoms with Gasteiger partial charge in [-0.2, -0.15) is 0 Å². The van der Waals surface area contributed by atoms with Crippen LogP contribution in [0, 0.1) is 0 Å². The number of hydrogen-bond acceptors (Lipinski definition) is 3. The number of carbonyl (C=O) groups is 1. The van der Waals surface area contributed by atoms with Crippen LogP contribution in [0.3, 0.4) is 0 Å². The second-order valence-corrected chi connectivity index (χ2v) is 3.33. The summed E-state index contributed by atoms with van der Waals surface area (Å²) >= 11 is 3.06. The lowest BCUT2D eigenvalue weighted by Gasteiger charge is -2.11. The summed E-state index contributed by atoms with van der Waals surface area (Å²) < 4.78 is 7.38. The minimum absolute atomic E-state index is 0. The van der Waals surface area contributed by atoms with Crippen molar-refractivity contribution in [3.8, 4) is 0 Å². The lowest BCUT2D eigenvalue weighted by molar-refractivity contribution is -0.142. The molecule has 0 heterocycles. The quantitative estimate of drug-likeness (QED) is 0.683. The lowest BCUT2D eigenvalue weighted by atomic mass is 10.1. The lowest BCUT2D eigenvalue weighted by Crippen LogP contribution is -2.33. The number of ether oxygens (including phenoxy) is 1. The fraction of sp³-hybridized carbons (Fsp3) is 0.300. The molecular formula is C10H13BrClNO2. The van der Waals surface area contributed by atoms with Crippen LogP contribution in [0.15, 0.2) is 30.3 Å². The first kappa shape index (κ1) is 14.4. The Kier molecular flexibility index (Phi) is 7.38. The van der Waals surface area contributed by atoms with E-state index in [2.05, 4.69) is 25.2 Å². The predicted octanol–water partition coefficient (Wildman–Crippen LogP) is 2.09. The fourth-order valence-electron chi connectivity index (χ4n) is 1.16. The van der Waals surface area contributed by atoms with Crippen molar-refractivity contribution in [3.05, 3.63) is 35.9 Å². The maximum absolute atomic E-state index is 11.2. The van der Waals surface area contributed by atoms with Gasteiger partial charge < -0.3 is 4.74 Å². The molecule has 1 aromatic carbocycles. The summed E-state index contributed by atoms with van der Waals surface area (Å²) in [5, 5.41) is 0. The molecule has 0 bridgehead atoms. The third kappa shape index (κ3) is 4.64. The van der Waals surface area contributed by atoms with Crippen molar-refractivity contribution in [1.29, 1.82) is 0 Å². The monoisotopic (exact) mass is 293 g/mol. The summed E-state index contributed by atoms with van der Waals surface area (Å²) in [5.74, 6) is -0.272. The number of nitrogens with one attached hydrogen (secondary N) is 1. The number of benzene rings is 1. The van der Waals surface area contributed by atoms with Crippen LogP contribution in [0.1, 0.15) is 5.56 Å². The van der Waals surface area contributed by atoms with E-state index in [4.69, 9.17) is 0 Å². The van der Waals surface area contributed by atoms with Crippen molar-refractivity contribution in [2.75, 3.05) is 7.11 Å². The van der Waals surface area contributed by atoms with Crippen LogP contribution < -0.4 is 4.34 Å². The average molecular weight is 295 g/mol. The Balaban J connectivity index is 0.00000196. The van der Waals surface area contributed by atoms with E-state index in [0.717, 1.165) is 5.56 Å². The minimum atomic E-state index is -0.345. The maximum atomic E-state index is 11.2. The molecule has 0 aromatic heterocycles. The Bertz CT molecular complexity index is 295. The number of carbonyl (C=O) groups excluding carboxylic acids is 1. The zero-order valence-electron chi connectivity index (χ0n) is 8.27. The molecule has 5 heteroatoms. The van der Waals surface area contributed by atoms with Crippen molar-refractivity contribution in [2.24, 2.45) is 0 Å². The molecule has 1 N–H and O–H groups in total. The van der Waals surface area contributed by atoms with Crippen LogP contribution in [-0.4, -0.2) is 19.1 Å². The van der Waals surface area contributed by atoms with Crippen molar-refractivity contribution >= 4 is 34.5 Å². The molecule has 0 aliphatic carbocycles. The normalized spacial score (nSPS) is 11.3. The molecule has 15 heavy (non-hydrogen) atoms. The van der Waals surface area contributed by atoms with Gasteiger partial charge in [0.15, 0.2) is 0 Å². The Morgan fingerprint density at radius 3 is 2.53 bits per heavy atom. The van der Waals surface area contributed by atoms with E-state index in [-0.39, 0.29) is 24.4 Å². The van der Waals surface area contributed by atoms with Crippen LogP contribution in [0.2, 0.25) is 0 Å². The summed E-state index contributed by atoms with van der Waals surface area (Å²) in [7, 11) is 1.38. The first-order valence-corrected chi connectivity index (χ1v) is 5.05. The van der Waals surface area contributed by atoms with Crippen molar-refractivity contribution < 1.29 is 9.53 Å². The van der Waals surface area contributed by atoms with Gasteiger partial charge in [0.1, 0.15) is 6.04 Å². The molecule has 3 nitrogen and oxygen atoms in total. The van der Waals surface area contributed by atoms with E-state index in [0.29, 0.717) is 6.42 Å². The molecule has 1 rings (SSSR count). The fourth-order valence-corrected chi connectivity index (χ4v) is 1.51. The molecular weight excluding hydrogens is 281 g/mol. The molecule has 1 aromatic rings. The van der Waals surface area contributed by atoms with Gasteiger partial charge in [0.2, 0.25) is 0 Å². The van der Waals surface area contributed by atoms with Crippen molar-refractivity contribution in [2.45, 2.75) is 12.5 Å². The van der Waals surface area contributed by atoms with E-state index < -0.39 is 0 Å².